The van der Waals surface area contributed by atoms with Gasteiger partial charge in [-0.1, -0.05) is 27.2 Å². The Bertz CT molecular complexity index is 581. The van der Waals surface area contributed by atoms with Crippen molar-refractivity contribution in [1.82, 2.24) is 0 Å². The van der Waals surface area contributed by atoms with Crippen molar-refractivity contribution in [3.05, 3.63) is 0 Å². The fourth-order valence-corrected chi connectivity index (χ4v) is 8.92. The maximum atomic E-state index is 12.8. The minimum Gasteiger partial charge on any atom is -0.414 e. The van der Waals surface area contributed by atoms with Crippen LogP contribution in [0.25, 0.3) is 0 Å². The summed E-state index contributed by atoms with van der Waals surface area (Å²) in [5, 5.41) is 0. The first-order chi connectivity index (χ1) is 12.0. The lowest BCUT2D eigenvalue weighted by Gasteiger charge is -2.62. The Morgan fingerprint density at radius 2 is 1.73 bits per heavy atom. The van der Waals surface area contributed by atoms with E-state index in [9.17, 15) is 4.79 Å². The van der Waals surface area contributed by atoms with Crippen LogP contribution >= 0.6 is 0 Å². The van der Waals surface area contributed by atoms with E-state index < -0.39 is 8.32 Å². The molecule has 4 unspecified atom stereocenters. The minimum absolute atomic E-state index is 0.0482. The first kappa shape index (κ1) is 19.2. The zero-order valence-corrected chi connectivity index (χ0v) is 18.9. The van der Waals surface area contributed by atoms with E-state index in [0.717, 1.165) is 37.0 Å². The highest BCUT2D eigenvalue weighted by Crippen LogP contribution is 2.66. The second-order valence-electron chi connectivity index (χ2n) is 11.8. The van der Waals surface area contributed by atoms with Gasteiger partial charge in [0.1, 0.15) is 5.78 Å². The van der Waals surface area contributed by atoms with E-state index in [1.807, 2.05) is 0 Å². The summed E-state index contributed by atoms with van der Waals surface area (Å²) in [6.07, 6.45) is 10.2. The van der Waals surface area contributed by atoms with Gasteiger partial charge < -0.3 is 4.43 Å². The Morgan fingerprint density at radius 3 is 2.42 bits per heavy atom. The summed E-state index contributed by atoms with van der Waals surface area (Å²) in [4.78, 5) is 12.8. The molecule has 0 heterocycles. The third-order valence-electron chi connectivity index (χ3n) is 9.14. The van der Waals surface area contributed by atoms with Crippen LogP contribution in [0, 0.1) is 40.4 Å². The van der Waals surface area contributed by atoms with Crippen molar-refractivity contribution in [3.63, 3.8) is 0 Å². The van der Waals surface area contributed by atoms with Gasteiger partial charge in [0.2, 0.25) is 0 Å². The van der Waals surface area contributed by atoms with Crippen LogP contribution in [-0.4, -0.2) is 20.2 Å². The molecule has 0 radical (unpaired) electrons. The smallest absolute Gasteiger partial charge is 0.184 e. The molecule has 148 valence electrons. The molecule has 0 aromatic carbocycles. The predicted octanol–water partition coefficient (Wildman–Crippen LogP) is 6.06. The van der Waals surface area contributed by atoms with Crippen molar-refractivity contribution in [2.45, 2.75) is 97.9 Å². The summed E-state index contributed by atoms with van der Waals surface area (Å²) in [7, 11) is -1.59. The van der Waals surface area contributed by atoms with E-state index in [4.69, 9.17) is 4.43 Å². The lowest BCUT2D eigenvalue weighted by Crippen LogP contribution is -2.59. The number of carbonyl (C=O) groups excluding carboxylic acids is 1. The maximum Gasteiger partial charge on any atom is 0.184 e. The molecule has 4 fully saturated rings. The van der Waals surface area contributed by atoms with E-state index in [0.29, 0.717) is 29.1 Å². The molecular formula is C23H40O2Si. The number of hydrogen-bond donors (Lipinski definition) is 0. The van der Waals surface area contributed by atoms with Crippen LogP contribution in [0.5, 0.6) is 0 Å². The molecule has 0 aliphatic heterocycles. The second kappa shape index (κ2) is 6.17. The molecule has 0 aromatic heterocycles. The fourth-order valence-electron chi connectivity index (χ4n) is 7.76. The summed E-state index contributed by atoms with van der Waals surface area (Å²) in [6.45, 7) is 14.4. The normalized spacial score (nSPS) is 51.5. The van der Waals surface area contributed by atoms with E-state index in [2.05, 4.69) is 40.4 Å². The fraction of sp³-hybridized carbons (Fsp3) is 0.957. The molecule has 0 spiro atoms. The summed E-state index contributed by atoms with van der Waals surface area (Å²) in [5.41, 5.74) is 0.441. The lowest BCUT2D eigenvalue weighted by atomic mass is 9.44. The quantitative estimate of drug-likeness (QED) is 0.547. The molecule has 4 rings (SSSR count). The molecule has 0 saturated heterocycles. The van der Waals surface area contributed by atoms with Crippen molar-refractivity contribution in [3.8, 4) is 0 Å². The van der Waals surface area contributed by atoms with Gasteiger partial charge >= 0.3 is 0 Å². The summed E-state index contributed by atoms with van der Waals surface area (Å²) in [6, 6.07) is 0. The SMILES string of the molecule is C[C@@H]1CC[C@]2(C)C3CC[C@]4(C)C(=O)CCC4C3C(O[Si](C)(C)C)C[C@H]2C1. The Morgan fingerprint density at radius 1 is 1.00 bits per heavy atom. The highest BCUT2D eigenvalue weighted by atomic mass is 28.4. The third-order valence-corrected chi connectivity index (χ3v) is 10.1. The Labute approximate surface area is 162 Å². The Balaban J connectivity index is 1.72. The molecular weight excluding hydrogens is 336 g/mol. The number of hydrogen-bond acceptors (Lipinski definition) is 2. The lowest BCUT2D eigenvalue weighted by molar-refractivity contribution is -0.162. The van der Waals surface area contributed by atoms with Gasteiger partial charge in [0, 0.05) is 17.9 Å². The molecule has 0 amide bonds. The van der Waals surface area contributed by atoms with Crippen LogP contribution in [0.1, 0.15) is 72.1 Å². The van der Waals surface area contributed by atoms with Crippen molar-refractivity contribution < 1.29 is 9.22 Å². The topological polar surface area (TPSA) is 26.3 Å². The molecule has 2 nitrogen and oxygen atoms in total. The second-order valence-corrected chi connectivity index (χ2v) is 16.3. The average Bonchev–Trinajstić information content (AvgIpc) is 2.83. The highest BCUT2D eigenvalue weighted by Gasteiger charge is 2.63. The van der Waals surface area contributed by atoms with Crippen LogP contribution in [-0.2, 0) is 9.22 Å². The van der Waals surface area contributed by atoms with Gasteiger partial charge in [-0.15, -0.1) is 0 Å². The van der Waals surface area contributed by atoms with Crippen molar-refractivity contribution >= 4 is 14.1 Å². The Hall–Kier alpha value is -0.153. The monoisotopic (exact) mass is 376 g/mol. The van der Waals surface area contributed by atoms with Gasteiger partial charge in [0.15, 0.2) is 8.32 Å². The molecule has 8 atom stereocenters. The molecule has 3 heteroatoms. The molecule has 0 aromatic rings. The van der Waals surface area contributed by atoms with Gasteiger partial charge in [-0.2, -0.15) is 0 Å². The van der Waals surface area contributed by atoms with Gasteiger partial charge in [-0.25, -0.2) is 0 Å². The molecule has 0 bridgehead atoms. The third kappa shape index (κ3) is 2.87. The predicted molar refractivity (Wildman–Crippen MR) is 110 cm³/mol. The molecule has 4 aliphatic rings. The summed E-state index contributed by atoms with van der Waals surface area (Å²) < 4.78 is 6.89. The molecule has 4 saturated carbocycles. The van der Waals surface area contributed by atoms with Crippen molar-refractivity contribution in [2.24, 2.45) is 40.4 Å². The summed E-state index contributed by atoms with van der Waals surface area (Å²) in [5.74, 6) is 4.24. The Kier molecular flexibility index (Phi) is 4.55. The van der Waals surface area contributed by atoms with Crippen molar-refractivity contribution in [1.29, 1.82) is 0 Å². The van der Waals surface area contributed by atoms with Gasteiger partial charge in [-0.3, -0.25) is 4.79 Å². The zero-order valence-electron chi connectivity index (χ0n) is 17.9. The van der Waals surface area contributed by atoms with Gasteiger partial charge in [0.05, 0.1) is 0 Å². The maximum absolute atomic E-state index is 12.8. The van der Waals surface area contributed by atoms with Crippen LogP contribution in [0.2, 0.25) is 19.6 Å². The number of rotatable bonds is 2. The standard InChI is InChI=1S/C23H40O2Si/c1-15-9-11-22(2)16(13-15)14-19(25-26(4,5)6)21-17-7-8-20(24)23(17,3)12-10-18(21)22/h15-19,21H,7-14H2,1-6H3/t15-,16-,17?,18?,19?,21?,22+,23+/m1/s1. The van der Waals surface area contributed by atoms with Crippen LogP contribution < -0.4 is 0 Å². The van der Waals surface area contributed by atoms with Crippen LogP contribution in [0.4, 0.5) is 0 Å². The molecule has 4 aliphatic carbocycles. The van der Waals surface area contributed by atoms with E-state index in [1.54, 1.807) is 0 Å². The van der Waals surface area contributed by atoms with Crippen LogP contribution in [0.3, 0.4) is 0 Å². The number of ketones is 1. The minimum atomic E-state index is -1.59. The van der Waals surface area contributed by atoms with E-state index >= 15 is 0 Å². The highest BCUT2D eigenvalue weighted by molar-refractivity contribution is 6.69. The summed E-state index contributed by atoms with van der Waals surface area (Å²) >= 11 is 0. The first-order valence-corrected chi connectivity index (χ1v) is 14.7. The zero-order chi connectivity index (χ0) is 18.9. The molecule has 0 N–H and O–H groups in total. The van der Waals surface area contributed by atoms with E-state index in [1.165, 1.54) is 32.1 Å². The number of Topliss-reactive ketones (excluding diaryl/α,β-unsaturated/α-hetero) is 1. The van der Waals surface area contributed by atoms with E-state index in [-0.39, 0.29) is 5.41 Å². The average molecular weight is 377 g/mol. The number of carbonyl (C=O) groups is 1. The number of fused-ring (bicyclic) bond motifs is 5. The largest absolute Gasteiger partial charge is 0.414 e. The van der Waals surface area contributed by atoms with Gasteiger partial charge in [0.25, 0.3) is 0 Å². The molecule has 26 heavy (non-hydrogen) atoms. The van der Waals surface area contributed by atoms with Crippen molar-refractivity contribution in [2.75, 3.05) is 0 Å². The van der Waals surface area contributed by atoms with Crippen LogP contribution in [0.15, 0.2) is 0 Å². The first-order valence-electron chi connectivity index (χ1n) is 11.3. The van der Waals surface area contributed by atoms with Gasteiger partial charge in [-0.05, 0) is 93.2 Å².